The number of carbonyl (C=O) groups excluding carboxylic acids is 10. The van der Waals surface area contributed by atoms with Crippen LogP contribution >= 0.6 is 0 Å². The minimum absolute atomic E-state index is 0.0852. The first-order valence-corrected chi connectivity index (χ1v) is 20.8. The van der Waals surface area contributed by atoms with Gasteiger partial charge in [0, 0.05) is 60.2 Å². The fourth-order valence-electron chi connectivity index (χ4n) is 6.48. The van der Waals surface area contributed by atoms with Gasteiger partial charge in [-0.15, -0.1) is 0 Å². The number of benzene rings is 3. The van der Waals surface area contributed by atoms with E-state index in [1.54, 1.807) is 6.07 Å². The van der Waals surface area contributed by atoms with E-state index < -0.39 is 132 Å². The smallest absolute Gasteiger partial charge is 0.369 e. The number of hydrogen-bond acceptors (Lipinski definition) is 23. The zero-order valence-corrected chi connectivity index (χ0v) is 39.0. The number of hydrogen-bond donors (Lipinski definition) is 1. The summed E-state index contributed by atoms with van der Waals surface area (Å²) in [6, 6.07) is 11.3. The maximum atomic E-state index is 13.2. The summed E-state index contributed by atoms with van der Waals surface area (Å²) in [6.45, 7) is -0.951. The third-order valence-electron chi connectivity index (χ3n) is 9.21. The SMILES string of the molecule is CC(=O)OCOC(=O)CN(CC(=O)OCOC(C)=O)Cc1c(OC(C)=O)ccc2c(-c3ccccc3C(=O)O)c3ccc(OC(C)=O)c(CN(CC(=O)OCOC(C)=O)CC(=O)OCOC(C)=O)c3[o+]c12. The first kappa shape index (κ1) is 55.0. The van der Waals surface area contributed by atoms with Crippen LogP contribution in [0, 0.1) is 0 Å². The molecule has 4 rings (SSSR count). The van der Waals surface area contributed by atoms with Gasteiger partial charge in [-0.05, 0) is 35.9 Å². The highest BCUT2D eigenvalue weighted by molar-refractivity contribution is 6.13. The third-order valence-corrected chi connectivity index (χ3v) is 9.21. The van der Waals surface area contributed by atoms with Gasteiger partial charge in [0.1, 0.15) is 22.6 Å². The standard InChI is InChI=1S/C46H46N2O23/c1-25(49)61-21-65-39(55)17-47(18-40(56)66-22-62-26(2)50)15-35-37(69-29(5)53)13-11-33-43(31-9-7-8-10-32(31)46(59)60)34-12-14-38(70-30(6)54)36(45(34)71-44(33)35)16-48(19-41(57)67-23-63-27(3)51)20-42(58)68-24-64-28(4)52/h7-14H,15-24H2,1-6H3/p+1. The summed E-state index contributed by atoms with van der Waals surface area (Å²) in [7, 11) is 0. The molecule has 0 bridgehead atoms. The molecule has 378 valence electrons. The van der Waals surface area contributed by atoms with Gasteiger partial charge >= 0.3 is 76.8 Å². The molecule has 0 aliphatic heterocycles. The van der Waals surface area contributed by atoms with Crippen molar-refractivity contribution in [2.45, 2.75) is 54.6 Å². The largest absolute Gasteiger partial charge is 0.478 e. The molecule has 0 spiro atoms. The lowest BCUT2D eigenvalue weighted by atomic mass is 9.91. The van der Waals surface area contributed by atoms with E-state index >= 15 is 0 Å². The van der Waals surface area contributed by atoms with Crippen LogP contribution in [0.25, 0.3) is 33.1 Å². The molecule has 0 saturated carbocycles. The Morgan fingerprint density at radius 2 is 0.789 bits per heavy atom. The highest BCUT2D eigenvalue weighted by Gasteiger charge is 2.34. The van der Waals surface area contributed by atoms with Crippen LogP contribution in [0.4, 0.5) is 0 Å². The van der Waals surface area contributed by atoms with E-state index in [4.69, 9.17) is 51.8 Å². The molecule has 0 saturated heterocycles. The maximum Gasteiger partial charge on any atom is 0.369 e. The molecule has 25 heteroatoms. The lowest BCUT2D eigenvalue weighted by molar-refractivity contribution is -0.171. The van der Waals surface area contributed by atoms with Crippen LogP contribution < -0.4 is 9.47 Å². The molecule has 4 aromatic rings. The minimum atomic E-state index is -1.37. The predicted molar refractivity (Wildman–Crippen MR) is 235 cm³/mol. The highest BCUT2D eigenvalue weighted by Crippen LogP contribution is 2.44. The van der Waals surface area contributed by atoms with E-state index in [-0.39, 0.29) is 61.3 Å². The summed E-state index contributed by atoms with van der Waals surface area (Å²) < 4.78 is 56.8. The summed E-state index contributed by atoms with van der Waals surface area (Å²) >= 11 is 0. The predicted octanol–water partition coefficient (Wildman–Crippen LogP) is 2.94. The minimum Gasteiger partial charge on any atom is -0.478 e. The molecule has 3 aromatic carbocycles. The molecule has 1 aromatic heterocycles. The van der Waals surface area contributed by atoms with E-state index in [0.29, 0.717) is 0 Å². The lowest BCUT2D eigenvalue weighted by Crippen LogP contribution is -2.36. The van der Waals surface area contributed by atoms with Crippen molar-refractivity contribution in [3.05, 3.63) is 65.2 Å². The Kier molecular flexibility index (Phi) is 20.3. The highest BCUT2D eigenvalue weighted by atomic mass is 16.7. The van der Waals surface area contributed by atoms with Crippen molar-refractivity contribution in [2.24, 2.45) is 0 Å². The number of carboxylic acid groups (broad SMARTS) is 1. The zero-order chi connectivity index (χ0) is 52.4. The van der Waals surface area contributed by atoms with Crippen LogP contribution in [0.5, 0.6) is 11.5 Å². The van der Waals surface area contributed by atoms with E-state index in [1.807, 2.05) is 0 Å². The second-order valence-electron chi connectivity index (χ2n) is 14.7. The van der Waals surface area contributed by atoms with Crippen molar-refractivity contribution in [1.82, 2.24) is 9.80 Å². The molecular formula is C46H47N2O23+. The van der Waals surface area contributed by atoms with Gasteiger partial charge in [-0.1, -0.05) is 18.2 Å². The zero-order valence-electron chi connectivity index (χ0n) is 39.0. The Bertz CT molecular complexity index is 2510. The molecule has 0 unspecified atom stereocenters. The van der Waals surface area contributed by atoms with Crippen LogP contribution in [0.2, 0.25) is 0 Å². The number of fused-ring (bicyclic) bond motifs is 2. The lowest BCUT2D eigenvalue weighted by Gasteiger charge is -2.22. The number of esters is 10. The first-order chi connectivity index (χ1) is 33.6. The second-order valence-corrected chi connectivity index (χ2v) is 14.7. The van der Waals surface area contributed by atoms with Crippen LogP contribution in [0.15, 0.2) is 52.9 Å². The fraction of sp³-hybridized carbons (Fsp3) is 0.348. The molecule has 1 N–H and O–H groups in total. The van der Waals surface area contributed by atoms with Gasteiger partial charge in [0.05, 0.1) is 42.5 Å². The normalized spacial score (nSPS) is 10.8. The van der Waals surface area contributed by atoms with Gasteiger partial charge in [-0.3, -0.25) is 57.7 Å². The number of carbonyl (C=O) groups is 11. The number of rotatable bonds is 24. The van der Waals surface area contributed by atoms with Crippen LogP contribution in [-0.2, 0) is 98.9 Å². The summed E-state index contributed by atoms with van der Waals surface area (Å²) in [5, 5.41) is 10.7. The van der Waals surface area contributed by atoms with Crippen molar-refractivity contribution in [2.75, 3.05) is 53.4 Å². The molecular weight excluding hydrogens is 948 g/mol. The van der Waals surface area contributed by atoms with Crippen molar-refractivity contribution in [3.63, 3.8) is 0 Å². The van der Waals surface area contributed by atoms with Crippen molar-refractivity contribution >= 4 is 87.6 Å². The number of carboxylic acids is 1. The van der Waals surface area contributed by atoms with Gasteiger partial charge < -0.3 is 52.5 Å². The molecule has 0 amide bonds. The fourth-order valence-corrected chi connectivity index (χ4v) is 6.48. The monoisotopic (exact) mass is 995 g/mol. The third kappa shape index (κ3) is 17.2. The van der Waals surface area contributed by atoms with Crippen LogP contribution in [0.1, 0.15) is 63.0 Å². The quantitative estimate of drug-likeness (QED) is 0.0263. The molecule has 0 atom stereocenters. The molecule has 0 aliphatic carbocycles. The van der Waals surface area contributed by atoms with E-state index in [2.05, 4.69) is 0 Å². The van der Waals surface area contributed by atoms with Crippen molar-refractivity contribution < 1.29 is 110 Å². The molecule has 0 fully saturated rings. The van der Waals surface area contributed by atoms with Gasteiger partial charge in [-0.2, -0.15) is 0 Å². The van der Waals surface area contributed by atoms with Crippen molar-refractivity contribution in [3.8, 4) is 22.6 Å². The Morgan fingerprint density at radius 1 is 0.451 bits per heavy atom. The topological polar surface area (TPSA) is 318 Å². The Hall–Kier alpha value is -8.58. The van der Waals surface area contributed by atoms with Crippen LogP contribution in [0.3, 0.4) is 0 Å². The summed E-state index contributed by atoms with van der Waals surface area (Å²) in [5.74, 6) is -10.8. The van der Waals surface area contributed by atoms with Gasteiger partial charge in [0.25, 0.3) is 0 Å². The molecule has 1 heterocycles. The molecule has 0 aliphatic rings. The van der Waals surface area contributed by atoms with Crippen molar-refractivity contribution in [1.29, 1.82) is 0 Å². The van der Waals surface area contributed by atoms with E-state index in [9.17, 15) is 57.8 Å². The van der Waals surface area contributed by atoms with Gasteiger partial charge in [0.2, 0.25) is 27.2 Å². The number of aromatic carboxylic acids is 1. The van der Waals surface area contributed by atoms with Crippen LogP contribution in [-0.4, -0.2) is 134 Å². The summed E-state index contributed by atoms with van der Waals surface area (Å²) in [5.41, 5.74) is -0.566. The molecule has 71 heavy (non-hydrogen) atoms. The maximum absolute atomic E-state index is 13.2. The Labute approximate surface area is 402 Å². The second kappa shape index (κ2) is 26.3. The summed E-state index contributed by atoms with van der Waals surface area (Å²) in [6.07, 6.45) is 0. The first-order valence-electron chi connectivity index (χ1n) is 20.8. The molecule has 0 radical (unpaired) electrons. The average Bonchev–Trinajstić information content (AvgIpc) is 3.26. The van der Waals surface area contributed by atoms with Gasteiger partial charge in [0.15, 0.2) is 0 Å². The Morgan fingerprint density at radius 3 is 1.10 bits per heavy atom. The average molecular weight is 996 g/mol. The van der Waals surface area contributed by atoms with Gasteiger partial charge in [-0.25, -0.2) is 9.21 Å². The van der Waals surface area contributed by atoms with E-state index in [0.717, 1.165) is 51.3 Å². The molecule has 25 nitrogen and oxygen atoms in total. The number of ether oxygens (including phenoxy) is 10. The Balaban J connectivity index is 2.10. The summed E-state index contributed by atoms with van der Waals surface area (Å²) in [4.78, 5) is 139. The number of nitrogens with zero attached hydrogens (tertiary/aromatic N) is 2. The van der Waals surface area contributed by atoms with E-state index in [1.165, 1.54) is 42.5 Å².